The Morgan fingerprint density at radius 3 is 2.78 bits per heavy atom. The molecule has 0 aromatic heterocycles. The minimum absolute atomic E-state index is 0.123. The number of likely N-dealkylation sites (N-methyl/N-ethyl adjacent to an activating group) is 1. The van der Waals surface area contributed by atoms with Gasteiger partial charge in [-0.25, -0.2) is 9.18 Å². The topological polar surface area (TPSA) is 60.9 Å². The first-order valence-electron chi connectivity index (χ1n) is 5.51. The van der Waals surface area contributed by atoms with Crippen molar-refractivity contribution in [2.24, 2.45) is 0 Å². The Kier molecular flexibility index (Phi) is 3.18. The Balaban J connectivity index is 2.36. The molecule has 1 saturated heterocycles. The van der Waals surface area contributed by atoms with Crippen LogP contribution < -0.4 is 4.90 Å². The lowest BCUT2D eigenvalue weighted by atomic mass is 10.1. The molecule has 5 nitrogen and oxygen atoms in total. The van der Waals surface area contributed by atoms with E-state index in [0.29, 0.717) is 0 Å². The van der Waals surface area contributed by atoms with Crippen LogP contribution in [-0.2, 0) is 4.79 Å². The van der Waals surface area contributed by atoms with Crippen molar-refractivity contribution in [2.75, 3.05) is 18.5 Å². The summed E-state index contributed by atoms with van der Waals surface area (Å²) < 4.78 is 13.7. The molecular formula is C12H13FN2O3. The van der Waals surface area contributed by atoms with Gasteiger partial charge in [-0.1, -0.05) is 12.1 Å². The summed E-state index contributed by atoms with van der Waals surface area (Å²) in [6.07, 6.45) is -0.204. The summed E-state index contributed by atoms with van der Waals surface area (Å²) in [4.78, 5) is 25.3. The number of carbonyl (C=O) groups is 2. The fourth-order valence-electron chi connectivity index (χ4n) is 2.12. The lowest BCUT2D eigenvalue weighted by molar-refractivity contribution is -0.137. The highest BCUT2D eigenvalue weighted by molar-refractivity contribution is 5.95. The zero-order chi connectivity index (χ0) is 13.3. The zero-order valence-electron chi connectivity index (χ0n) is 9.84. The maximum Gasteiger partial charge on any atom is 0.324 e. The molecule has 1 aliphatic rings. The van der Waals surface area contributed by atoms with Gasteiger partial charge < -0.3 is 10.0 Å². The van der Waals surface area contributed by atoms with Gasteiger partial charge in [0.05, 0.1) is 18.2 Å². The van der Waals surface area contributed by atoms with Crippen LogP contribution in [0, 0.1) is 5.82 Å². The van der Waals surface area contributed by atoms with Crippen LogP contribution in [-0.4, -0.2) is 41.6 Å². The number of carboxylic acid groups (broad SMARTS) is 1. The van der Waals surface area contributed by atoms with Crippen molar-refractivity contribution in [3.63, 3.8) is 0 Å². The summed E-state index contributed by atoms with van der Waals surface area (Å²) in [7, 11) is 1.57. The number of hydrogen-bond acceptors (Lipinski definition) is 2. The van der Waals surface area contributed by atoms with Gasteiger partial charge in [0.25, 0.3) is 0 Å². The molecule has 0 spiro atoms. The van der Waals surface area contributed by atoms with Crippen LogP contribution in [0.25, 0.3) is 0 Å². The molecule has 6 heteroatoms. The molecule has 1 unspecified atom stereocenters. The lowest BCUT2D eigenvalue weighted by Gasteiger charge is -2.22. The summed E-state index contributed by atoms with van der Waals surface area (Å²) in [6.45, 7) is 0.277. The van der Waals surface area contributed by atoms with Crippen LogP contribution in [0.3, 0.4) is 0 Å². The number of halogens is 1. The summed E-state index contributed by atoms with van der Waals surface area (Å²) >= 11 is 0. The number of hydrogen-bond donors (Lipinski definition) is 1. The van der Waals surface area contributed by atoms with Crippen molar-refractivity contribution in [1.29, 1.82) is 0 Å². The molecule has 0 bridgehead atoms. The van der Waals surface area contributed by atoms with Crippen LogP contribution in [0.1, 0.15) is 6.42 Å². The van der Waals surface area contributed by atoms with Gasteiger partial charge in [-0.2, -0.15) is 0 Å². The van der Waals surface area contributed by atoms with Crippen LogP contribution in [0.15, 0.2) is 24.3 Å². The first-order chi connectivity index (χ1) is 8.50. The van der Waals surface area contributed by atoms with Crippen LogP contribution in [0.4, 0.5) is 14.9 Å². The monoisotopic (exact) mass is 252 g/mol. The van der Waals surface area contributed by atoms with E-state index >= 15 is 0 Å². The van der Waals surface area contributed by atoms with Gasteiger partial charge in [0.2, 0.25) is 0 Å². The highest BCUT2D eigenvalue weighted by Crippen LogP contribution is 2.27. The maximum absolute atomic E-state index is 13.7. The molecule has 0 aliphatic carbocycles. The number of para-hydroxylation sites is 1. The third kappa shape index (κ3) is 2.13. The summed E-state index contributed by atoms with van der Waals surface area (Å²) in [5.74, 6) is -1.54. The molecule has 2 rings (SSSR count). The Morgan fingerprint density at radius 1 is 1.50 bits per heavy atom. The van der Waals surface area contributed by atoms with E-state index in [4.69, 9.17) is 5.11 Å². The largest absolute Gasteiger partial charge is 0.481 e. The van der Waals surface area contributed by atoms with E-state index in [9.17, 15) is 14.0 Å². The number of anilines is 1. The average molecular weight is 252 g/mol. The number of carbonyl (C=O) groups excluding carboxylic acids is 1. The highest BCUT2D eigenvalue weighted by Gasteiger charge is 2.38. The second-order valence-corrected chi connectivity index (χ2v) is 4.24. The van der Waals surface area contributed by atoms with E-state index in [-0.39, 0.29) is 24.7 Å². The molecule has 0 saturated carbocycles. The molecule has 1 heterocycles. The van der Waals surface area contributed by atoms with Gasteiger partial charge in [-0.15, -0.1) is 0 Å². The third-order valence-electron chi connectivity index (χ3n) is 2.90. The van der Waals surface area contributed by atoms with Gasteiger partial charge in [-0.3, -0.25) is 9.69 Å². The fraction of sp³-hybridized carbons (Fsp3) is 0.333. The van der Waals surface area contributed by atoms with Gasteiger partial charge in [0.1, 0.15) is 5.82 Å². The SMILES string of the molecule is CN1CC(CC(=O)O)N(c2ccccc2F)C1=O. The highest BCUT2D eigenvalue weighted by atomic mass is 19.1. The van der Waals surface area contributed by atoms with Crippen molar-refractivity contribution >= 4 is 17.7 Å². The smallest absolute Gasteiger partial charge is 0.324 e. The van der Waals surface area contributed by atoms with E-state index in [1.807, 2.05) is 0 Å². The standard InChI is InChI=1S/C12H13FN2O3/c1-14-7-8(6-11(16)17)15(12(14)18)10-5-3-2-4-9(10)13/h2-5,8H,6-7H2,1H3,(H,16,17). The number of rotatable bonds is 3. The van der Waals surface area contributed by atoms with Crippen LogP contribution in [0.5, 0.6) is 0 Å². The van der Waals surface area contributed by atoms with E-state index in [1.165, 1.54) is 28.0 Å². The van der Waals surface area contributed by atoms with Gasteiger partial charge >= 0.3 is 12.0 Å². The van der Waals surface area contributed by atoms with Crippen LogP contribution >= 0.6 is 0 Å². The van der Waals surface area contributed by atoms with Crippen molar-refractivity contribution in [2.45, 2.75) is 12.5 Å². The number of aliphatic carboxylic acids is 1. The van der Waals surface area contributed by atoms with Crippen molar-refractivity contribution in [3.8, 4) is 0 Å². The molecule has 2 amide bonds. The number of benzene rings is 1. The fourth-order valence-corrected chi connectivity index (χ4v) is 2.12. The molecule has 18 heavy (non-hydrogen) atoms. The molecule has 96 valence electrons. The molecule has 0 radical (unpaired) electrons. The molecule has 1 fully saturated rings. The molecule has 1 N–H and O–H groups in total. The third-order valence-corrected chi connectivity index (χ3v) is 2.90. The second kappa shape index (κ2) is 4.64. The van der Waals surface area contributed by atoms with E-state index in [2.05, 4.69) is 0 Å². The van der Waals surface area contributed by atoms with Gasteiger partial charge in [-0.05, 0) is 12.1 Å². The van der Waals surface area contributed by atoms with Gasteiger partial charge in [0, 0.05) is 13.6 Å². The Labute approximate surface area is 103 Å². The first-order valence-corrected chi connectivity index (χ1v) is 5.51. The van der Waals surface area contributed by atoms with Crippen LogP contribution in [0.2, 0.25) is 0 Å². The number of urea groups is 1. The molecule has 1 atom stereocenters. The first kappa shape index (κ1) is 12.3. The lowest BCUT2D eigenvalue weighted by Crippen LogP contribution is -2.36. The summed E-state index contributed by atoms with van der Waals surface area (Å²) in [5.41, 5.74) is 0.123. The summed E-state index contributed by atoms with van der Waals surface area (Å²) in [5, 5.41) is 8.83. The predicted molar refractivity (Wildman–Crippen MR) is 62.9 cm³/mol. The average Bonchev–Trinajstić information content (AvgIpc) is 2.55. The maximum atomic E-state index is 13.7. The van der Waals surface area contributed by atoms with E-state index < -0.39 is 17.8 Å². The molecule has 1 aromatic rings. The molecule has 1 aliphatic heterocycles. The Bertz CT molecular complexity index is 492. The molecular weight excluding hydrogens is 239 g/mol. The Hall–Kier alpha value is -2.11. The van der Waals surface area contributed by atoms with Gasteiger partial charge in [0.15, 0.2) is 0 Å². The molecule has 1 aromatic carbocycles. The summed E-state index contributed by atoms with van der Waals surface area (Å²) in [6, 6.07) is 4.93. The number of carboxylic acids is 1. The van der Waals surface area contributed by atoms with Crippen molar-refractivity contribution in [1.82, 2.24) is 4.90 Å². The quantitative estimate of drug-likeness (QED) is 0.887. The normalized spacial score (nSPS) is 19.4. The van der Waals surface area contributed by atoms with Crippen molar-refractivity contribution < 1.29 is 19.1 Å². The number of nitrogens with zero attached hydrogens (tertiary/aromatic N) is 2. The minimum atomic E-state index is -1.01. The van der Waals surface area contributed by atoms with Crippen molar-refractivity contribution in [3.05, 3.63) is 30.1 Å². The minimum Gasteiger partial charge on any atom is -0.481 e. The predicted octanol–water partition coefficient (Wildman–Crippen LogP) is 1.54. The Morgan fingerprint density at radius 2 is 2.17 bits per heavy atom. The second-order valence-electron chi connectivity index (χ2n) is 4.24. The van der Waals surface area contributed by atoms with E-state index in [0.717, 1.165) is 0 Å². The number of amides is 2. The zero-order valence-corrected chi connectivity index (χ0v) is 9.84. The van der Waals surface area contributed by atoms with E-state index in [1.54, 1.807) is 13.1 Å².